The van der Waals surface area contributed by atoms with Crippen molar-refractivity contribution in [2.75, 3.05) is 19.7 Å². The van der Waals surface area contributed by atoms with Gasteiger partial charge in [-0.15, -0.1) is 0 Å². The van der Waals surface area contributed by atoms with E-state index in [1.807, 2.05) is 6.92 Å². The molecule has 0 fully saturated rings. The van der Waals surface area contributed by atoms with Gasteiger partial charge in [0.2, 0.25) is 0 Å². The highest BCUT2D eigenvalue weighted by Gasteiger charge is 2.20. The van der Waals surface area contributed by atoms with Gasteiger partial charge in [-0.3, -0.25) is 9.59 Å². The fourth-order valence-electron chi connectivity index (χ4n) is 2.74. The van der Waals surface area contributed by atoms with Crippen molar-refractivity contribution in [3.05, 3.63) is 63.4 Å². The van der Waals surface area contributed by atoms with Crippen molar-refractivity contribution in [1.29, 1.82) is 0 Å². The van der Waals surface area contributed by atoms with Gasteiger partial charge in [0.25, 0.3) is 5.91 Å². The van der Waals surface area contributed by atoms with Gasteiger partial charge in [-0.2, -0.15) is 9.67 Å². The molecule has 13 nitrogen and oxygen atoms in total. The number of rotatable bonds is 10. The third-order valence-electron chi connectivity index (χ3n) is 4.24. The number of amides is 2. The summed E-state index contributed by atoms with van der Waals surface area (Å²) in [4.78, 5) is 38.6. The molecule has 0 radical (unpaired) electrons. The van der Waals surface area contributed by atoms with Crippen LogP contribution in [0.2, 0.25) is 0 Å². The molecule has 2 heterocycles. The first-order valence-electron chi connectivity index (χ1n) is 9.68. The van der Waals surface area contributed by atoms with E-state index in [0.717, 1.165) is 0 Å². The average molecular weight is 443 g/mol. The maximum Gasteiger partial charge on any atom is 0.390 e. The molecule has 3 aromatic rings. The minimum atomic E-state index is -0.615. The van der Waals surface area contributed by atoms with Gasteiger partial charge >= 0.3 is 17.6 Å². The number of carbonyl (C=O) groups is 2. The number of nitrogens with one attached hydrogen (secondary N) is 2. The van der Waals surface area contributed by atoms with Crippen LogP contribution in [-0.2, 0) is 6.54 Å². The molecule has 3 rings (SSSR count). The number of hydrogen-bond donors (Lipinski definition) is 2. The lowest BCUT2D eigenvalue weighted by atomic mass is 10.2. The Hall–Kier alpha value is -4.29. The third-order valence-corrected chi connectivity index (χ3v) is 4.24. The summed E-state index contributed by atoms with van der Waals surface area (Å²) in [5, 5.41) is 23.6. The summed E-state index contributed by atoms with van der Waals surface area (Å²) in [5.74, 6) is -0.894. The molecule has 0 aliphatic carbocycles. The predicted octanol–water partition coefficient (Wildman–Crippen LogP) is 1.09. The number of aryl methyl sites for hydroxylation is 1. The van der Waals surface area contributed by atoms with Gasteiger partial charge in [0.1, 0.15) is 12.3 Å². The van der Waals surface area contributed by atoms with Crippen molar-refractivity contribution in [2.45, 2.75) is 20.4 Å². The molecule has 2 N–H and O–H groups in total. The molecule has 13 heteroatoms. The number of ether oxygens (including phenoxy) is 1. The van der Waals surface area contributed by atoms with Crippen LogP contribution in [0.3, 0.4) is 0 Å². The molecule has 0 saturated carbocycles. The van der Waals surface area contributed by atoms with E-state index in [4.69, 9.17) is 9.26 Å². The molecule has 168 valence electrons. The van der Waals surface area contributed by atoms with Gasteiger partial charge in [-0.1, -0.05) is 17.3 Å². The van der Waals surface area contributed by atoms with Crippen molar-refractivity contribution in [1.82, 2.24) is 30.6 Å². The quantitative estimate of drug-likeness (QED) is 0.265. The van der Waals surface area contributed by atoms with Crippen LogP contribution in [0.4, 0.5) is 5.82 Å². The lowest BCUT2D eigenvalue weighted by Crippen LogP contribution is -2.35. The predicted molar refractivity (Wildman–Crippen MR) is 109 cm³/mol. The zero-order chi connectivity index (χ0) is 23.1. The second kappa shape index (κ2) is 10.1. The number of nitro groups is 1. The summed E-state index contributed by atoms with van der Waals surface area (Å²) in [7, 11) is 0. The molecule has 1 aromatic carbocycles. The van der Waals surface area contributed by atoms with Crippen LogP contribution in [0, 0.1) is 17.0 Å². The van der Waals surface area contributed by atoms with Crippen LogP contribution < -0.4 is 15.4 Å². The summed E-state index contributed by atoms with van der Waals surface area (Å²) in [6, 6.07) is 8.17. The first kappa shape index (κ1) is 22.4. The zero-order valence-electron chi connectivity index (χ0n) is 17.4. The molecule has 0 saturated heterocycles. The molecule has 0 bridgehead atoms. The Bertz CT molecular complexity index is 1120. The van der Waals surface area contributed by atoms with E-state index in [9.17, 15) is 19.7 Å². The fourth-order valence-corrected chi connectivity index (χ4v) is 2.74. The number of carbonyl (C=O) groups excluding carboxylic acids is 2. The SMILES string of the molecule is CCOc1ccccc1C(=O)NCCNC(=O)c1nc(Cn2nc([N+](=O)[O-])cc2C)no1. The monoisotopic (exact) mass is 443 g/mol. The van der Waals surface area contributed by atoms with Crippen LogP contribution in [-0.4, -0.2) is 56.4 Å². The molecular formula is C19H21N7O6. The van der Waals surface area contributed by atoms with Crippen molar-refractivity contribution in [3.8, 4) is 5.75 Å². The Balaban J connectivity index is 1.48. The summed E-state index contributed by atoms with van der Waals surface area (Å²) in [5.41, 5.74) is 0.936. The molecule has 2 amide bonds. The number of hydrogen-bond acceptors (Lipinski definition) is 9. The lowest BCUT2D eigenvalue weighted by Gasteiger charge is -2.10. The van der Waals surface area contributed by atoms with Gasteiger partial charge in [0.15, 0.2) is 5.82 Å². The number of nitrogens with zero attached hydrogens (tertiary/aromatic N) is 5. The van der Waals surface area contributed by atoms with Crippen LogP contribution in [0.1, 0.15) is 39.5 Å². The molecule has 0 aliphatic heterocycles. The summed E-state index contributed by atoms with van der Waals surface area (Å²) in [6.45, 7) is 4.21. The van der Waals surface area contributed by atoms with E-state index in [1.54, 1.807) is 31.2 Å². The smallest absolute Gasteiger partial charge is 0.390 e. The van der Waals surface area contributed by atoms with E-state index in [0.29, 0.717) is 23.6 Å². The highest BCUT2D eigenvalue weighted by Crippen LogP contribution is 2.17. The second-order valence-corrected chi connectivity index (χ2v) is 6.52. The van der Waals surface area contributed by atoms with Crippen molar-refractivity contribution in [3.63, 3.8) is 0 Å². The number of para-hydroxylation sites is 1. The first-order valence-corrected chi connectivity index (χ1v) is 9.68. The van der Waals surface area contributed by atoms with Crippen LogP contribution >= 0.6 is 0 Å². The Kier molecular flexibility index (Phi) is 7.10. The molecule has 0 atom stereocenters. The van der Waals surface area contributed by atoms with Crippen LogP contribution in [0.5, 0.6) is 5.75 Å². The highest BCUT2D eigenvalue weighted by atomic mass is 16.6. The highest BCUT2D eigenvalue weighted by molar-refractivity contribution is 5.97. The molecule has 2 aromatic heterocycles. The van der Waals surface area contributed by atoms with Crippen molar-refractivity contribution in [2.24, 2.45) is 0 Å². The van der Waals surface area contributed by atoms with Gasteiger partial charge in [0.05, 0.1) is 29.0 Å². The maximum absolute atomic E-state index is 12.3. The van der Waals surface area contributed by atoms with Crippen molar-refractivity contribution >= 4 is 17.6 Å². The minimum absolute atomic E-state index is 0.00571. The van der Waals surface area contributed by atoms with Crippen molar-refractivity contribution < 1.29 is 23.8 Å². The largest absolute Gasteiger partial charge is 0.493 e. The third kappa shape index (κ3) is 5.44. The molecule has 32 heavy (non-hydrogen) atoms. The number of aromatic nitrogens is 4. The van der Waals surface area contributed by atoms with Gasteiger partial charge < -0.3 is 30.0 Å². The molecule has 0 unspecified atom stereocenters. The Labute approximate surface area is 181 Å². The van der Waals surface area contributed by atoms with Gasteiger partial charge in [-0.05, 0) is 30.9 Å². The van der Waals surface area contributed by atoms with Gasteiger partial charge in [0, 0.05) is 13.1 Å². The Morgan fingerprint density at radius 2 is 1.94 bits per heavy atom. The summed E-state index contributed by atoms with van der Waals surface area (Å²) in [6.07, 6.45) is 0. The zero-order valence-corrected chi connectivity index (χ0v) is 17.4. The number of benzene rings is 1. The topological polar surface area (TPSA) is 167 Å². The minimum Gasteiger partial charge on any atom is -0.493 e. The average Bonchev–Trinajstić information content (AvgIpc) is 3.39. The standard InChI is InChI=1S/C19H21N7O6/c1-3-31-14-7-5-4-6-13(14)17(27)20-8-9-21-18(28)19-22-15(24-32-19)11-25-12(2)10-16(23-25)26(29)30/h4-7,10H,3,8-9,11H2,1-2H3,(H,20,27)(H,21,28). The molecular weight excluding hydrogens is 422 g/mol. The van der Waals surface area contributed by atoms with E-state index in [-0.39, 0.29) is 43.1 Å². The lowest BCUT2D eigenvalue weighted by molar-refractivity contribution is -0.389. The normalized spacial score (nSPS) is 10.6. The Morgan fingerprint density at radius 1 is 1.22 bits per heavy atom. The molecule has 0 aliphatic rings. The van der Waals surface area contributed by atoms with E-state index in [2.05, 4.69) is 25.9 Å². The van der Waals surface area contributed by atoms with Crippen LogP contribution in [0.15, 0.2) is 34.9 Å². The van der Waals surface area contributed by atoms with Crippen LogP contribution in [0.25, 0.3) is 0 Å². The fraction of sp³-hybridized carbons (Fsp3) is 0.316. The maximum atomic E-state index is 12.3. The van der Waals surface area contributed by atoms with E-state index in [1.165, 1.54) is 10.7 Å². The Morgan fingerprint density at radius 3 is 2.62 bits per heavy atom. The summed E-state index contributed by atoms with van der Waals surface area (Å²) < 4.78 is 11.7. The van der Waals surface area contributed by atoms with E-state index < -0.39 is 10.8 Å². The van der Waals surface area contributed by atoms with Gasteiger partial charge in [-0.25, -0.2) is 0 Å². The molecule has 0 spiro atoms. The van der Waals surface area contributed by atoms with E-state index >= 15 is 0 Å². The second-order valence-electron chi connectivity index (χ2n) is 6.52. The first-order chi connectivity index (χ1) is 15.4. The summed E-state index contributed by atoms with van der Waals surface area (Å²) >= 11 is 0.